The standard InChI is InChI=1S/C16H21NO5/c1-21-14-9-11(16(19)20)7-8-13(14)22-10-15(18)17-12-5-3-2-4-6-12/h7-9,12H,2-6,10H2,1H3,(H,17,18)(H,19,20). The van der Waals surface area contributed by atoms with Crippen LogP contribution in [0.1, 0.15) is 42.5 Å². The molecule has 0 atom stereocenters. The van der Waals surface area contributed by atoms with E-state index in [1.165, 1.54) is 31.7 Å². The van der Waals surface area contributed by atoms with Gasteiger partial charge in [0.2, 0.25) is 0 Å². The summed E-state index contributed by atoms with van der Waals surface area (Å²) in [6, 6.07) is 4.52. The van der Waals surface area contributed by atoms with Gasteiger partial charge in [0.05, 0.1) is 12.7 Å². The number of benzene rings is 1. The van der Waals surface area contributed by atoms with E-state index < -0.39 is 5.97 Å². The molecule has 1 saturated carbocycles. The number of aromatic carboxylic acids is 1. The fourth-order valence-corrected chi connectivity index (χ4v) is 2.58. The lowest BCUT2D eigenvalue weighted by molar-refractivity contribution is -0.124. The minimum atomic E-state index is -1.04. The van der Waals surface area contributed by atoms with Gasteiger partial charge >= 0.3 is 5.97 Å². The summed E-state index contributed by atoms with van der Waals surface area (Å²) in [5, 5.41) is 11.9. The average Bonchev–Trinajstić information content (AvgIpc) is 2.53. The molecule has 0 unspecified atom stereocenters. The van der Waals surface area contributed by atoms with Crippen molar-refractivity contribution in [3.05, 3.63) is 23.8 Å². The van der Waals surface area contributed by atoms with Crippen molar-refractivity contribution in [3.63, 3.8) is 0 Å². The monoisotopic (exact) mass is 307 g/mol. The van der Waals surface area contributed by atoms with Crippen LogP contribution in [-0.4, -0.2) is 36.7 Å². The Kier molecular flexibility index (Phi) is 5.63. The van der Waals surface area contributed by atoms with Crippen molar-refractivity contribution in [1.82, 2.24) is 5.32 Å². The van der Waals surface area contributed by atoms with E-state index in [9.17, 15) is 9.59 Å². The normalized spacial score (nSPS) is 15.1. The highest BCUT2D eigenvalue weighted by Gasteiger charge is 2.16. The molecule has 2 rings (SSSR count). The molecule has 1 aliphatic rings. The number of amides is 1. The van der Waals surface area contributed by atoms with Crippen LogP contribution in [0.4, 0.5) is 0 Å². The van der Waals surface area contributed by atoms with E-state index in [0.29, 0.717) is 11.5 Å². The Morgan fingerprint density at radius 1 is 1.23 bits per heavy atom. The molecular formula is C16H21NO5. The Morgan fingerprint density at radius 3 is 2.59 bits per heavy atom. The van der Waals surface area contributed by atoms with E-state index >= 15 is 0 Å². The Labute approximate surface area is 129 Å². The number of rotatable bonds is 6. The molecule has 2 N–H and O–H groups in total. The third kappa shape index (κ3) is 4.38. The first-order valence-electron chi connectivity index (χ1n) is 7.43. The fourth-order valence-electron chi connectivity index (χ4n) is 2.58. The Balaban J connectivity index is 1.90. The molecule has 1 amide bonds. The lowest BCUT2D eigenvalue weighted by Crippen LogP contribution is -2.39. The third-order valence-corrected chi connectivity index (χ3v) is 3.74. The van der Waals surface area contributed by atoms with Crippen molar-refractivity contribution in [2.45, 2.75) is 38.1 Å². The smallest absolute Gasteiger partial charge is 0.335 e. The molecule has 120 valence electrons. The second-order valence-corrected chi connectivity index (χ2v) is 5.36. The first-order valence-corrected chi connectivity index (χ1v) is 7.43. The van der Waals surface area contributed by atoms with Crippen LogP contribution in [-0.2, 0) is 4.79 Å². The number of nitrogens with one attached hydrogen (secondary N) is 1. The van der Waals surface area contributed by atoms with E-state index in [0.717, 1.165) is 25.7 Å². The number of methoxy groups -OCH3 is 1. The van der Waals surface area contributed by atoms with Crippen molar-refractivity contribution in [3.8, 4) is 11.5 Å². The predicted octanol–water partition coefficient (Wildman–Crippen LogP) is 2.22. The molecule has 0 aliphatic heterocycles. The zero-order valence-corrected chi connectivity index (χ0v) is 12.6. The number of carbonyl (C=O) groups is 2. The minimum absolute atomic E-state index is 0.107. The van der Waals surface area contributed by atoms with Crippen molar-refractivity contribution in [1.29, 1.82) is 0 Å². The van der Waals surface area contributed by atoms with Gasteiger partial charge in [0, 0.05) is 6.04 Å². The van der Waals surface area contributed by atoms with Gasteiger partial charge in [0.1, 0.15) is 0 Å². The van der Waals surface area contributed by atoms with Crippen LogP contribution in [0.2, 0.25) is 0 Å². The highest BCUT2D eigenvalue weighted by molar-refractivity contribution is 5.88. The van der Waals surface area contributed by atoms with Crippen LogP contribution in [0.25, 0.3) is 0 Å². The number of hydrogen-bond donors (Lipinski definition) is 2. The summed E-state index contributed by atoms with van der Waals surface area (Å²) in [7, 11) is 1.43. The maximum absolute atomic E-state index is 11.9. The number of carboxylic acids is 1. The van der Waals surface area contributed by atoms with Gasteiger partial charge in [-0.15, -0.1) is 0 Å². The van der Waals surface area contributed by atoms with Gasteiger partial charge in [0.15, 0.2) is 18.1 Å². The molecule has 0 saturated heterocycles. The minimum Gasteiger partial charge on any atom is -0.493 e. The first kappa shape index (κ1) is 16.1. The maximum Gasteiger partial charge on any atom is 0.335 e. The molecule has 1 aliphatic carbocycles. The molecule has 0 heterocycles. The van der Waals surface area contributed by atoms with E-state index in [-0.39, 0.29) is 24.1 Å². The molecule has 1 aromatic carbocycles. The van der Waals surface area contributed by atoms with Gasteiger partial charge in [-0.25, -0.2) is 4.79 Å². The van der Waals surface area contributed by atoms with Gasteiger partial charge < -0.3 is 19.9 Å². The van der Waals surface area contributed by atoms with Gasteiger partial charge in [-0.05, 0) is 31.0 Å². The molecule has 1 aromatic rings. The largest absolute Gasteiger partial charge is 0.493 e. The molecule has 0 bridgehead atoms. The molecule has 0 spiro atoms. The number of hydrogen-bond acceptors (Lipinski definition) is 4. The van der Waals surface area contributed by atoms with Gasteiger partial charge in [-0.1, -0.05) is 19.3 Å². The van der Waals surface area contributed by atoms with Gasteiger partial charge in [0.25, 0.3) is 5.91 Å². The van der Waals surface area contributed by atoms with Crippen LogP contribution in [0.3, 0.4) is 0 Å². The molecule has 0 radical (unpaired) electrons. The lowest BCUT2D eigenvalue weighted by Gasteiger charge is -2.22. The summed E-state index contributed by atoms with van der Waals surface area (Å²) in [5.41, 5.74) is 0.107. The van der Waals surface area contributed by atoms with Crippen LogP contribution in [0.5, 0.6) is 11.5 Å². The third-order valence-electron chi connectivity index (χ3n) is 3.74. The molecule has 6 heteroatoms. The highest BCUT2D eigenvalue weighted by Crippen LogP contribution is 2.28. The average molecular weight is 307 g/mol. The molecule has 1 fully saturated rings. The highest BCUT2D eigenvalue weighted by atomic mass is 16.5. The zero-order chi connectivity index (χ0) is 15.9. The van der Waals surface area contributed by atoms with E-state index in [1.807, 2.05) is 0 Å². The van der Waals surface area contributed by atoms with Gasteiger partial charge in [-0.2, -0.15) is 0 Å². The number of carboxylic acid groups (broad SMARTS) is 1. The Bertz CT molecular complexity index is 537. The SMILES string of the molecule is COc1cc(C(=O)O)ccc1OCC(=O)NC1CCCCC1. The first-order chi connectivity index (χ1) is 10.6. The summed E-state index contributed by atoms with van der Waals surface area (Å²) >= 11 is 0. The van der Waals surface area contributed by atoms with Crippen molar-refractivity contribution in [2.24, 2.45) is 0 Å². The topological polar surface area (TPSA) is 84.9 Å². The Morgan fingerprint density at radius 2 is 1.95 bits per heavy atom. The van der Waals surface area contributed by atoms with Crippen molar-refractivity contribution >= 4 is 11.9 Å². The van der Waals surface area contributed by atoms with Crippen molar-refractivity contribution in [2.75, 3.05) is 13.7 Å². The molecular weight excluding hydrogens is 286 g/mol. The molecule has 22 heavy (non-hydrogen) atoms. The summed E-state index contributed by atoms with van der Waals surface area (Å²) in [6.45, 7) is -0.112. The van der Waals surface area contributed by atoms with Crippen molar-refractivity contribution < 1.29 is 24.2 Å². The van der Waals surface area contributed by atoms with Crippen LogP contribution >= 0.6 is 0 Å². The van der Waals surface area contributed by atoms with Gasteiger partial charge in [-0.3, -0.25) is 4.79 Å². The second kappa shape index (κ2) is 7.68. The van der Waals surface area contributed by atoms with E-state index in [4.69, 9.17) is 14.6 Å². The van der Waals surface area contributed by atoms with Crippen LogP contribution in [0, 0.1) is 0 Å². The summed E-state index contributed by atoms with van der Waals surface area (Å²) < 4.78 is 10.5. The van der Waals surface area contributed by atoms with E-state index in [2.05, 4.69) is 5.32 Å². The quantitative estimate of drug-likeness (QED) is 0.842. The number of carbonyl (C=O) groups excluding carboxylic acids is 1. The molecule has 0 aromatic heterocycles. The van der Waals surface area contributed by atoms with Crippen LogP contribution < -0.4 is 14.8 Å². The summed E-state index contributed by atoms with van der Waals surface area (Å²) in [4.78, 5) is 22.8. The molecule has 6 nitrogen and oxygen atoms in total. The maximum atomic E-state index is 11.9. The summed E-state index contributed by atoms with van der Waals surface area (Å²) in [6.07, 6.45) is 5.56. The van der Waals surface area contributed by atoms with E-state index in [1.54, 1.807) is 0 Å². The summed E-state index contributed by atoms with van der Waals surface area (Å²) in [5.74, 6) is -0.562. The number of ether oxygens (including phenoxy) is 2. The lowest BCUT2D eigenvalue weighted by atomic mass is 9.95. The predicted molar refractivity (Wildman–Crippen MR) is 80.5 cm³/mol. The Hall–Kier alpha value is -2.24. The second-order valence-electron chi connectivity index (χ2n) is 5.36. The van der Waals surface area contributed by atoms with Crippen LogP contribution in [0.15, 0.2) is 18.2 Å². The zero-order valence-electron chi connectivity index (χ0n) is 12.6. The fraction of sp³-hybridized carbons (Fsp3) is 0.500.